The SMILES string of the molecule is CCNc1cc(Sc2ccc(F)cc2)ccn1. The third-order valence-corrected chi connectivity index (χ3v) is 3.14. The van der Waals surface area contributed by atoms with Crippen molar-refractivity contribution in [3.8, 4) is 0 Å². The van der Waals surface area contributed by atoms with Gasteiger partial charge in [0.05, 0.1) is 0 Å². The molecule has 0 aliphatic carbocycles. The molecule has 88 valence electrons. The maximum atomic E-state index is 12.8. The zero-order valence-electron chi connectivity index (χ0n) is 9.48. The van der Waals surface area contributed by atoms with E-state index in [1.165, 1.54) is 12.1 Å². The van der Waals surface area contributed by atoms with Crippen LogP contribution in [0.2, 0.25) is 0 Å². The van der Waals surface area contributed by atoms with Crippen LogP contribution in [-0.4, -0.2) is 11.5 Å². The van der Waals surface area contributed by atoms with Crippen molar-refractivity contribution >= 4 is 17.6 Å². The Kier molecular flexibility index (Phi) is 3.98. The fraction of sp³-hybridized carbons (Fsp3) is 0.154. The fourth-order valence-corrected chi connectivity index (χ4v) is 2.23. The first-order chi connectivity index (χ1) is 8.28. The monoisotopic (exact) mass is 248 g/mol. The number of hydrogen-bond acceptors (Lipinski definition) is 3. The van der Waals surface area contributed by atoms with Crippen LogP contribution in [0, 0.1) is 5.82 Å². The van der Waals surface area contributed by atoms with Gasteiger partial charge in [0, 0.05) is 22.5 Å². The quantitative estimate of drug-likeness (QED) is 0.890. The van der Waals surface area contributed by atoms with Crippen LogP contribution in [0.1, 0.15) is 6.92 Å². The van der Waals surface area contributed by atoms with Gasteiger partial charge in [-0.1, -0.05) is 11.8 Å². The van der Waals surface area contributed by atoms with Gasteiger partial charge in [0.1, 0.15) is 11.6 Å². The van der Waals surface area contributed by atoms with Gasteiger partial charge in [-0.3, -0.25) is 0 Å². The Balaban J connectivity index is 2.12. The summed E-state index contributed by atoms with van der Waals surface area (Å²) in [4.78, 5) is 6.30. The van der Waals surface area contributed by atoms with E-state index in [4.69, 9.17) is 0 Å². The molecule has 1 heterocycles. The van der Waals surface area contributed by atoms with Crippen molar-refractivity contribution < 1.29 is 4.39 Å². The molecule has 1 aromatic carbocycles. The van der Waals surface area contributed by atoms with E-state index in [0.717, 1.165) is 22.2 Å². The predicted octanol–water partition coefficient (Wildman–Crippen LogP) is 3.80. The van der Waals surface area contributed by atoms with Crippen molar-refractivity contribution in [3.05, 3.63) is 48.4 Å². The van der Waals surface area contributed by atoms with Crippen LogP contribution in [0.25, 0.3) is 0 Å². The van der Waals surface area contributed by atoms with E-state index in [2.05, 4.69) is 10.3 Å². The van der Waals surface area contributed by atoms with Crippen molar-refractivity contribution in [2.45, 2.75) is 16.7 Å². The Bertz CT molecular complexity index is 485. The number of benzene rings is 1. The van der Waals surface area contributed by atoms with Gasteiger partial charge in [-0.25, -0.2) is 9.37 Å². The molecular weight excluding hydrogens is 235 g/mol. The Labute approximate surface area is 104 Å². The molecule has 2 aromatic rings. The zero-order chi connectivity index (χ0) is 12.1. The van der Waals surface area contributed by atoms with Crippen LogP contribution >= 0.6 is 11.8 Å². The summed E-state index contributed by atoms with van der Waals surface area (Å²) >= 11 is 1.59. The van der Waals surface area contributed by atoms with Crippen molar-refractivity contribution in [3.63, 3.8) is 0 Å². The predicted molar refractivity (Wildman–Crippen MR) is 68.9 cm³/mol. The highest BCUT2D eigenvalue weighted by molar-refractivity contribution is 7.99. The van der Waals surface area contributed by atoms with Crippen LogP contribution in [0.5, 0.6) is 0 Å². The number of halogens is 1. The van der Waals surface area contributed by atoms with Crippen LogP contribution in [0.3, 0.4) is 0 Å². The third-order valence-electron chi connectivity index (χ3n) is 2.14. The molecule has 0 aliphatic rings. The molecule has 0 atom stereocenters. The highest BCUT2D eigenvalue weighted by atomic mass is 32.2. The Hall–Kier alpha value is -1.55. The number of aromatic nitrogens is 1. The zero-order valence-corrected chi connectivity index (χ0v) is 10.3. The van der Waals surface area contributed by atoms with Gasteiger partial charge in [-0.2, -0.15) is 0 Å². The second-order valence-corrected chi connectivity index (χ2v) is 4.61. The first-order valence-electron chi connectivity index (χ1n) is 5.41. The van der Waals surface area contributed by atoms with Gasteiger partial charge >= 0.3 is 0 Å². The van der Waals surface area contributed by atoms with Gasteiger partial charge < -0.3 is 5.32 Å². The molecule has 0 fully saturated rings. The molecule has 0 aliphatic heterocycles. The summed E-state index contributed by atoms with van der Waals surface area (Å²) in [6.45, 7) is 2.87. The minimum Gasteiger partial charge on any atom is -0.370 e. The summed E-state index contributed by atoms with van der Waals surface area (Å²) < 4.78 is 12.8. The van der Waals surface area contributed by atoms with Crippen molar-refractivity contribution in [2.24, 2.45) is 0 Å². The molecular formula is C13H13FN2S. The van der Waals surface area contributed by atoms with E-state index in [-0.39, 0.29) is 5.82 Å². The van der Waals surface area contributed by atoms with Crippen LogP contribution < -0.4 is 5.32 Å². The molecule has 2 rings (SSSR count). The van der Waals surface area contributed by atoms with Crippen molar-refractivity contribution in [1.82, 2.24) is 4.98 Å². The number of hydrogen-bond donors (Lipinski definition) is 1. The van der Waals surface area contributed by atoms with E-state index < -0.39 is 0 Å². The van der Waals surface area contributed by atoms with E-state index in [0.29, 0.717) is 0 Å². The van der Waals surface area contributed by atoms with E-state index in [1.54, 1.807) is 30.1 Å². The molecule has 1 N–H and O–H groups in total. The molecule has 2 nitrogen and oxygen atoms in total. The lowest BCUT2D eigenvalue weighted by atomic mass is 10.4. The molecule has 0 saturated carbocycles. The standard InChI is InChI=1S/C13H13FN2S/c1-2-15-13-9-12(7-8-16-13)17-11-5-3-10(14)4-6-11/h3-9H,2H2,1H3,(H,15,16). The lowest BCUT2D eigenvalue weighted by molar-refractivity contribution is 0.626. The van der Waals surface area contributed by atoms with Gasteiger partial charge in [-0.15, -0.1) is 0 Å². The van der Waals surface area contributed by atoms with Gasteiger partial charge in [-0.05, 0) is 43.3 Å². The molecule has 1 aromatic heterocycles. The number of rotatable bonds is 4. The lowest BCUT2D eigenvalue weighted by Crippen LogP contribution is -1.98. The molecule has 0 saturated heterocycles. The minimum atomic E-state index is -0.211. The molecule has 0 amide bonds. The highest BCUT2D eigenvalue weighted by Gasteiger charge is 1.99. The summed E-state index contributed by atoms with van der Waals surface area (Å²) in [6, 6.07) is 10.4. The van der Waals surface area contributed by atoms with E-state index >= 15 is 0 Å². The molecule has 0 unspecified atom stereocenters. The molecule has 4 heteroatoms. The molecule has 0 radical (unpaired) electrons. The summed E-state index contributed by atoms with van der Waals surface area (Å²) in [5.74, 6) is 0.650. The Morgan fingerprint density at radius 1 is 1.18 bits per heavy atom. The third kappa shape index (κ3) is 3.46. The second-order valence-electron chi connectivity index (χ2n) is 3.46. The van der Waals surface area contributed by atoms with Crippen LogP contribution in [0.4, 0.5) is 10.2 Å². The first kappa shape index (κ1) is 11.9. The second kappa shape index (κ2) is 5.68. The summed E-state index contributed by atoms with van der Waals surface area (Å²) in [5.41, 5.74) is 0. The van der Waals surface area contributed by atoms with Gasteiger partial charge in [0.2, 0.25) is 0 Å². The summed E-state index contributed by atoms with van der Waals surface area (Å²) in [5, 5.41) is 3.16. The average Bonchev–Trinajstić information content (AvgIpc) is 2.33. The van der Waals surface area contributed by atoms with Crippen LogP contribution in [-0.2, 0) is 0 Å². The van der Waals surface area contributed by atoms with E-state index in [9.17, 15) is 4.39 Å². The Morgan fingerprint density at radius 2 is 1.94 bits per heavy atom. The number of nitrogens with one attached hydrogen (secondary N) is 1. The number of pyridine rings is 1. The minimum absolute atomic E-state index is 0.211. The molecule has 0 spiro atoms. The normalized spacial score (nSPS) is 10.2. The summed E-state index contributed by atoms with van der Waals surface area (Å²) in [7, 11) is 0. The Morgan fingerprint density at radius 3 is 2.65 bits per heavy atom. The first-order valence-corrected chi connectivity index (χ1v) is 6.23. The van der Waals surface area contributed by atoms with Crippen molar-refractivity contribution in [1.29, 1.82) is 0 Å². The van der Waals surface area contributed by atoms with Crippen LogP contribution in [0.15, 0.2) is 52.4 Å². The van der Waals surface area contributed by atoms with Gasteiger partial charge in [0.15, 0.2) is 0 Å². The van der Waals surface area contributed by atoms with Gasteiger partial charge in [0.25, 0.3) is 0 Å². The maximum absolute atomic E-state index is 12.8. The molecule has 0 bridgehead atoms. The largest absolute Gasteiger partial charge is 0.370 e. The number of nitrogens with zero attached hydrogens (tertiary/aromatic N) is 1. The molecule has 17 heavy (non-hydrogen) atoms. The maximum Gasteiger partial charge on any atom is 0.126 e. The lowest BCUT2D eigenvalue weighted by Gasteiger charge is -2.05. The van der Waals surface area contributed by atoms with Crippen molar-refractivity contribution in [2.75, 3.05) is 11.9 Å². The highest BCUT2D eigenvalue weighted by Crippen LogP contribution is 2.28. The average molecular weight is 248 g/mol. The topological polar surface area (TPSA) is 24.9 Å². The number of anilines is 1. The fourth-order valence-electron chi connectivity index (χ4n) is 1.39. The van der Waals surface area contributed by atoms with E-state index in [1.807, 2.05) is 19.1 Å². The smallest absolute Gasteiger partial charge is 0.126 e. The summed E-state index contributed by atoms with van der Waals surface area (Å²) in [6.07, 6.45) is 1.77.